The summed E-state index contributed by atoms with van der Waals surface area (Å²) in [4.78, 5) is 12.3. The number of benzene rings is 2. The number of ether oxygens (including phenoxy) is 1. The smallest absolute Gasteiger partial charge is 0.240 e. The third-order valence-corrected chi connectivity index (χ3v) is 5.47. The predicted molar refractivity (Wildman–Crippen MR) is 93.7 cm³/mol. The van der Waals surface area contributed by atoms with Crippen molar-refractivity contribution in [2.45, 2.75) is 23.8 Å². The molecule has 6 nitrogen and oxygen atoms in total. The molecule has 0 saturated carbocycles. The van der Waals surface area contributed by atoms with Crippen LogP contribution in [-0.2, 0) is 14.8 Å². The third kappa shape index (κ3) is 4.37. The van der Waals surface area contributed by atoms with Crippen LogP contribution in [0.1, 0.15) is 24.4 Å². The van der Waals surface area contributed by atoms with Crippen LogP contribution in [-0.4, -0.2) is 27.5 Å². The molecule has 0 aliphatic carbocycles. The highest BCUT2D eigenvalue weighted by Crippen LogP contribution is 2.31. The van der Waals surface area contributed by atoms with Crippen LogP contribution >= 0.6 is 0 Å². The lowest BCUT2D eigenvalue weighted by Gasteiger charge is -2.26. The second-order valence-corrected chi connectivity index (χ2v) is 7.52. The fourth-order valence-electron chi connectivity index (χ4n) is 2.74. The molecule has 1 aliphatic rings. The Balaban J connectivity index is 1.53. The Morgan fingerprint density at radius 1 is 1.08 bits per heavy atom. The van der Waals surface area contributed by atoms with E-state index in [4.69, 9.17) is 4.74 Å². The van der Waals surface area contributed by atoms with Gasteiger partial charge in [0.2, 0.25) is 15.9 Å². The Bertz CT molecular complexity index is 837. The van der Waals surface area contributed by atoms with Crippen LogP contribution < -0.4 is 14.8 Å². The topological polar surface area (TPSA) is 84.5 Å². The fourth-order valence-corrected chi connectivity index (χ4v) is 3.79. The van der Waals surface area contributed by atoms with Crippen molar-refractivity contribution in [2.75, 3.05) is 13.2 Å². The number of amides is 1. The zero-order valence-corrected chi connectivity index (χ0v) is 14.5. The number of hydrogen-bond donors (Lipinski definition) is 2. The first-order valence-electron chi connectivity index (χ1n) is 8.12. The van der Waals surface area contributed by atoms with Gasteiger partial charge in [-0.2, -0.15) is 0 Å². The number of nitrogens with one attached hydrogen (secondary N) is 2. The Labute approximate surface area is 147 Å². The highest BCUT2D eigenvalue weighted by atomic mass is 32.2. The summed E-state index contributed by atoms with van der Waals surface area (Å²) in [5.74, 6) is 0.585. The number of carbonyl (C=O) groups is 1. The minimum Gasteiger partial charge on any atom is -0.493 e. The van der Waals surface area contributed by atoms with E-state index in [1.54, 1.807) is 18.2 Å². The van der Waals surface area contributed by atoms with Gasteiger partial charge >= 0.3 is 0 Å². The second kappa shape index (κ2) is 7.67. The van der Waals surface area contributed by atoms with Crippen molar-refractivity contribution in [1.29, 1.82) is 0 Å². The molecule has 2 N–H and O–H groups in total. The summed E-state index contributed by atoms with van der Waals surface area (Å²) in [5, 5.41) is 2.95. The van der Waals surface area contributed by atoms with Gasteiger partial charge in [-0.05, 0) is 18.2 Å². The molecular weight excluding hydrogens is 340 g/mol. The second-order valence-electron chi connectivity index (χ2n) is 5.76. The van der Waals surface area contributed by atoms with E-state index in [1.165, 1.54) is 12.1 Å². The molecule has 1 aliphatic heterocycles. The van der Waals surface area contributed by atoms with Crippen LogP contribution in [0.15, 0.2) is 59.5 Å². The van der Waals surface area contributed by atoms with Crippen molar-refractivity contribution in [3.63, 3.8) is 0 Å². The molecule has 25 heavy (non-hydrogen) atoms. The van der Waals surface area contributed by atoms with Crippen LogP contribution in [0.3, 0.4) is 0 Å². The average molecular weight is 360 g/mol. The minimum atomic E-state index is -3.59. The van der Waals surface area contributed by atoms with Crippen molar-refractivity contribution in [2.24, 2.45) is 0 Å². The van der Waals surface area contributed by atoms with Crippen molar-refractivity contribution < 1.29 is 17.9 Å². The van der Waals surface area contributed by atoms with E-state index in [0.29, 0.717) is 13.0 Å². The molecule has 1 heterocycles. The van der Waals surface area contributed by atoms with Crippen LogP contribution in [0, 0.1) is 0 Å². The number of sulfonamides is 1. The van der Waals surface area contributed by atoms with Gasteiger partial charge in [0, 0.05) is 24.9 Å². The van der Waals surface area contributed by atoms with Crippen LogP contribution in [0.5, 0.6) is 5.75 Å². The van der Waals surface area contributed by atoms with Crippen molar-refractivity contribution in [3.8, 4) is 5.75 Å². The number of hydrogen-bond acceptors (Lipinski definition) is 4. The molecule has 2 aromatic carbocycles. The maximum Gasteiger partial charge on any atom is 0.240 e. The fraction of sp³-hybridized carbons (Fsp3) is 0.278. The molecule has 0 radical (unpaired) electrons. The van der Waals surface area contributed by atoms with Crippen LogP contribution in [0.25, 0.3) is 0 Å². The predicted octanol–water partition coefficient (Wildman–Crippen LogP) is 1.99. The number of para-hydroxylation sites is 1. The molecule has 2 aromatic rings. The van der Waals surface area contributed by atoms with E-state index in [9.17, 15) is 13.2 Å². The number of fused-ring (bicyclic) bond motifs is 1. The van der Waals surface area contributed by atoms with Gasteiger partial charge in [0.1, 0.15) is 5.75 Å². The van der Waals surface area contributed by atoms with Gasteiger partial charge in [-0.3, -0.25) is 4.79 Å². The lowest BCUT2D eigenvalue weighted by Crippen LogP contribution is -2.34. The molecule has 3 rings (SSSR count). The summed E-state index contributed by atoms with van der Waals surface area (Å²) in [6.45, 7) is 0.594. The van der Waals surface area contributed by atoms with Gasteiger partial charge in [0.25, 0.3) is 0 Å². The molecular formula is C18H20N2O4S. The van der Waals surface area contributed by atoms with Crippen molar-refractivity contribution in [3.05, 3.63) is 60.2 Å². The number of rotatable bonds is 6. The third-order valence-electron chi connectivity index (χ3n) is 3.99. The van der Waals surface area contributed by atoms with Gasteiger partial charge in [-0.1, -0.05) is 36.4 Å². The summed E-state index contributed by atoms with van der Waals surface area (Å²) in [6, 6.07) is 15.6. The van der Waals surface area contributed by atoms with E-state index in [0.717, 1.165) is 11.3 Å². The van der Waals surface area contributed by atoms with E-state index in [2.05, 4.69) is 10.0 Å². The molecule has 1 amide bonds. The quantitative estimate of drug-likeness (QED) is 0.825. The maximum atomic E-state index is 12.2. The highest BCUT2D eigenvalue weighted by Gasteiger charge is 2.22. The van der Waals surface area contributed by atoms with E-state index in [-0.39, 0.29) is 29.8 Å². The molecule has 1 atom stereocenters. The Morgan fingerprint density at radius 3 is 2.60 bits per heavy atom. The maximum absolute atomic E-state index is 12.2. The molecule has 7 heteroatoms. The first-order chi connectivity index (χ1) is 12.1. The summed E-state index contributed by atoms with van der Waals surface area (Å²) >= 11 is 0. The van der Waals surface area contributed by atoms with E-state index < -0.39 is 10.0 Å². The Kier molecular flexibility index (Phi) is 5.35. The summed E-state index contributed by atoms with van der Waals surface area (Å²) in [7, 11) is -3.59. The molecule has 0 saturated heterocycles. The molecule has 0 aromatic heterocycles. The SMILES string of the molecule is O=C(CCNS(=O)(=O)c1ccccc1)NC1CCOc2ccccc21. The van der Waals surface area contributed by atoms with Gasteiger partial charge < -0.3 is 10.1 Å². The van der Waals surface area contributed by atoms with E-state index >= 15 is 0 Å². The van der Waals surface area contributed by atoms with Gasteiger partial charge in [-0.25, -0.2) is 13.1 Å². The Morgan fingerprint density at radius 2 is 1.80 bits per heavy atom. The van der Waals surface area contributed by atoms with E-state index in [1.807, 2.05) is 24.3 Å². The lowest BCUT2D eigenvalue weighted by atomic mass is 10.0. The molecule has 0 spiro atoms. The lowest BCUT2D eigenvalue weighted by molar-refractivity contribution is -0.121. The van der Waals surface area contributed by atoms with Gasteiger partial charge in [-0.15, -0.1) is 0 Å². The van der Waals surface area contributed by atoms with Crippen LogP contribution in [0.2, 0.25) is 0 Å². The standard InChI is InChI=1S/C18H20N2O4S/c21-18(10-12-19-25(22,23)14-6-2-1-3-7-14)20-16-11-13-24-17-9-5-4-8-15(16)17/h1-9,16,19H,10-13H2,(H,20,21). The molecule has 0 fully saturated rings. The van der Waals surface area contributed by atoms with Gasteiger partial charge in [0.15, 0.2) is 0 Å². The zero-order chi connectivity index (χ0) is 17.7. The van der Waals surface area contributed by atoms with Gasteiger partial charge in [0.05, 0.1) is 17.5 Å². The summed E-state index contributed by atoms with van der Waals surface area (Å²) in [6.07, 6.45) is 0.768. The monoisotopic (exact) mass is 360 g/mol. The molecule has 132 valence electrons. The number of carbonyl (C=O) groups excluding carboxylic acids is 1. The van der Waals surface area contributed by atoms with Crippen LogP contribution in [0.4, 0.5) is 0 Å². The highest BCUT2D eigenvalue weighted by molar-refractivity contribution is 7.89. The Hall–Kier alpha value is -2.38. The van der Waals surface area contributed by atoms with Crippen molar-refractivity contribution in [1.82, 2.24) is 10.0 Å². The first-order valence-corrected chi connectivity index (χ1v) is 9.60. The largest absolute Gasteiger partial charge is 0.493 e. The van der Waals surface area contributed by atoms with Crippen molar-refractivity contribution >= 4 is 15.9 Å². The summed E-state index contributed by atoms with van der Waals surface area (Å²) < 4.78 is 32.2. The first kappa shape index (κ1) is 17.4. The average Bonchev–Trinajstić information content (AvgIpc) is 2.63. The molecule has 0 bridgehead atoms. The summed E-state index contributed by atoms with van der Waals surface area (Å²) in [5.41, 5.74) is 0.951. The normalized spacial score (nSPS) is 16.6. The zero-order valence-electron chi connectivity index (χ0n) is 13.6. The molecule has 1 unspecified atom stereocenters. The minimum absolute atomic E-state index is 0.0495.